The molecule has 0 spiro atoms. The van der Waals surface area contributed by atoms with E-state index in [1.54, 1.807) is 18.3 Å². The monoisotopic (exact) mass is 272 g/mol. The summed E-state index contributed by atoms with van der Waals surface area (Å²) in [5, 5.41) is 0. The number of hydrogen-bond acceptors (Lipinski definition) is 3. The molecule has 108 valence electrons. The van der Waals surface area contributed by atoms with Crippen LogP contribution in [0, 0.1) is 0 Å². The van der Waals surface area contributed by atoms with E-state index in [1.165, 1.54) is 30.6 Å². The fourth-order valence-corrected chi connectivity index (χ4v) is 3.45. The number of aryl methyl sites for hydroxylation is 1. The van der Waals surface area contributed by atoms with E-state index in [0.29, 0.717) is 6.04 Å². The van der Waals surface area contributed by atoms with E-state index in [2.05, 4.69) is 23.7 Å². The van der Waals surface area contributed by atoms with Crippen molar-refractivity contribution in [1.29, 1.82) is 0 Å². The second-order valence-corrected chi connectivity index (χ2v) is 6.12. The Bertz CT molecular complexity index is 522. The summed E-state index contributed by atoms with van der Waals surface area (Å²) in [7, 11) is 1.76. The topological polar surface area (TPSA) is 25.4 Å². The van der Waals surface area contributed by atoms with Crippen LogP contribution in [-0.2, 0) is 12.8 Å². The van der Waals surface area contributed by atoms with Crippen molar-refractivity contribution in [2.45, 2.75) is 45.6 Å². The van der Waals surface area contributed by atoms with Crippen molar-refractivity contribution < 1.29 is 4.74 Å². The third-order valence-corrected chi connectivity index (χ3v) is 4.94. The predicted molar refractivity (Wildman–Crippen MR) is 81.2 cm³/mol. The van der Waals surface area contributed by atoms with Gasteiger partial charge in [-0.05, 0) is 45.6 Å². The molecule has 1 aliphatic heterocycles. The minimum absolute atomic E-state index is 0.642. The zero-order valence-corrected chi connectivity index (χ0v) is 12.8. The molecule has 3 nitrogen and oxygen atoms in total. The lowest BCUT2D eigenvalue weighted by Crippen LogP contribution is -2.43. The van der Waals surface area contributed by atoms with E-state index in [4.69, 9.17) is 4.74 Å². The number of aromatic nitrogens is 1. The third kappa shape index (κ3) is 2.47. The molecule has 0 aromatic carbocycles. The van der Waals surface area contributed by atoms with Gasteiger partial charge in [-0.2, -0.15) is 0 Å². The van der Waals surface area contributed by atoms with Gasteiger partial charge in [0, 0.05) is 36.6 Å². The normalized spacial score (nSPS) is 23.6. The van der Waals surface area contributed by atoms with Crippen LogP contribution in [0.5, 0.6) is 5.75 Å². The molecule has 0 fully saturated rings. The summed E-state index contributed by atoms with van der Waals surface area (Å²) in [6.07, 6.45) is 6.47. The maximum absolute atomic E-state index is 5.52. The van der Waals surface area contributed by atoms with Crippen molar-refractivity contribution in [3.05, 3.63) is 34.7 Å². The van der Waals surface area contributed by atoms with Gasteiger partial charge in [-0.25, -0.2) is 0 Å². The van der Waals surface area contributed by atoms with Gasteiger partial charge in [-0.15, -0.1) is 0 Å². The number of hydrogen-bond donors (Lipinski definition) is 0. The molecule has 3 rings (SSSR count). The zero-order chi connectivity index (χ0) is 14.1. The average Bonchev–Trinajstić information content (AvgIpc) is 2.49. The van der Waals surface area contributed by atoms with Gasteiger partial charge in [0.15, 0.2) is 0 Å². The summed E-state index contributed by atoms with van der Waals surface area (Å²) in [6.45, 7) is 6.89. The Morgan fingerprint density at radius 3 is 2.85 bits per heavy atom. The molecule has 0 radical (unpaired) electrons. The van der Waals surface area contributed by atoms with Crippen LogP contribution < -0.4 is 4.74 Å². The molecule has 1 aromatic heterocycles. The molecule has 1 aliphatic carbocycles. The van der Waals surface area contributed by atoms with Crippen LogP contribution in [0.1, 0.15) is 37.9 Å². The first kappa shape index (κ1) is 13.6. The van der Waals surface area contributed by atoms with Crippen molar-refractivity contribution in [2.24, 2.45) is 0 Å². The quantitative estimate of drug-likeness (QED) is 0.774. The van der Waals surface area contributed by atoms with E-state index < -0.39 is 0 Å². The van der Waals surface area contributed by atoms with E-state index >= 15 is 0 Å². The Morgan fingerprint density at radius 1 is 1.25 bits per heavy atom. The SMILES string of the molecule is COc1ccnc2c1CC(N1CCC(C)=C(C)C1)CC2. The highest BCUT2D eigenvalue weighted by atomic mass is 16.5. The first-order valence-electron chi connectivity index (χ1n) is 7.59. The minimum Gasteiger partial charge on any atom is -0.496 e. The van der Waals surface area contributed by atoms with Crippen LogP contribution in [0.25, 0.3) is 0 Å². The molecule has 3 heteroatoms. The molecule has 1 unspecified atom stereocenters. The van der Waals surface area contributed by atoms with Gasteiger partial charge in [-0.3, -0.25) is 9.88 Å². The highest BCUT2D eigenvalue weighted by molar-refractivity contribution is 5.38. The molecule has 0 saturated carbocycles. The average molecular weight is 272 g/mol. The Hall–Kier alpha value is -1.35. The summed E-state index contributed by atoms with van der Waals surface area (Å²) in [4.78, 5) is 7.18. The van der Waals surface area contributed by atoms with Gasteiger partial charge in [0.2, 0.25) is 0 Å². The van der Waals surface area contributed by atoms with Crippen LogP contribution in [-0.4, -0.2) is 36.1 Å². The Kier molecular flexibility index (Phi) is 3.79. The lowest BCUT2D eigenvalue weighted by molar-refractivity contribution is 0.185. The van der Waals surface area contributed by atoms with Crippen LogP contribution in [0.15, 0.2) is 23.4 Å². The predicted octanol–water partition coefficient (Wildman–Crippen LogP) is 2.99. The lowest BCUT2D eigenvalue weighted by atomic mass is 9.88. The minimum atomic E-state index is 0.642. The molecule has 0 saturated heterocycles. The smallest absolute Gasteiger partial charge is 0.125 e. The first-order valence-corrected chi connectivity index (χ1v) is 7.59. The number of methoxy groups -OCH3 is 1. The molecule has 2 aliphatic rings. The largest absolute Gasteiger partial charge is 0.496 e. The first-order chi connectivity index (χ1) is 9.69. The fourth-order valence-electron chi connectivity index (χ4n) is 3.45. The Balaban J connectivity index is 1.79. The molecule has 0 N–H and O–H groups in total. The molecule has 20 heavy (non-hydrogen) atoms. The van der Waals surface area contributed by atoms with Crippen LogP contribution in [0.4, 0.5) is 0 Å². The summed E-state index contributed by atoms with van der Waals surface area (Å²) < 4.78 is 5.52. The van der Waals surface area contributed by atoms with E-state index in [9.17, 15) is 0 Å². The van der Waals surface area contributed by atoms with Crippen LogP contribution >= 0.6 is 0 Å². The van der Waals surface area contributed by atoms with Crippen molar-refractivity contribution in [2.75, 3.05) is 20.2 Å². The maximum Gasteiger partial charge on any atom is 0.125 e. The fraction of sp³-hybridized carbons (Fsp3) is 0.588. The number of rotatable bonds is 2. The van der Waals surface area contributed by atoms with E-state index in [-0.39, 0.29) is 0 Å². The molecule has 1 aromatic rings. The van der Waals surface area contributed by atoms with Crippen molar-refractivity contribution in [1.82, 2.24) is 9.88 Å². The Labute approximate surface area is 121 Å². The summed E-state index contributed by atoms with van der Waals surface area (Å²) in [5.74, 6) is 1.01. The standard InChI is InChI=1S/C17H24N2O/c1-12-7-9-19(11-13(12)2)14-4-5-16-15(10-14)17(20-3)6-8-18-16/h6,8,14H,4-5,7,9-11H2,1-3H3. The molecule has 0 amide bonds. The second kappa shape index (κ2) is 5.57. The van der Waals surface area contributed by atoms with Crippen molar-refractivity contribution in [3.63, 3.8) is 0 Å². The van der Waals surface area contributed by atoms with Gasteiger partial charge in [0.1, 0.15) is 5.75 Å². The van der Waals surface area contributed by atoms with Gasteiger partial charge >= 0.3 is 0 Å². The van der Waals surface area contributed by atoms with Crippen LogP contribution in [0.3, 0.4) is 0 Å². The van der Waals surface area contributed by atoms with Crippen molar-refractivity contribution >= 4 is 0 Å². The van der Waals surface area contributed by atoms with Gasteiger partial charge in [0.05, 0.1) is 7.11 Å². The van der Waals surface area contributed by atoms with Crippen molar-refractivity contribution in [3.8, 4) is 5.75 Å². The summed E-state index contributed by atoms with van der Waals surface area (Å²) in [5.41, 5.74) is 5.70. The second-order valence-electron chi connectivity index (χ2n) is 6.12. The number of ether oxygens (including phenoxy) is 1. The van der Waals surface area contributed by atoms with E-state index in [0.717, 1.165) is 25.1 Å². The molecular formula is C17H24N2O. The Morgan fingerprint density at radius 2 is 2.10 bits per heavy atom. The number of nitrogens with zero attached hydrogens (tertiary/aromatic N) is 2. The maximum atomic E-state index is 5.52. The van der Waals surface area contributed by atoms with Crippen LogP contribution in [0.2, 0.25) is 0 Å². The lowest BCUT2D eigenvalue weighted by Gasteiger charge is -2.38. The summed E-state index contributed by atoms with van der Waals surface area (Å²) in [6, 6.07) is 2.64. The molecule has 1 atom stereocenters. The summed E-state index contributed by atoms with van der Waals surface area (Å²) >= 11 is 0. The number of fused-ring (bicyclic) bond motifs is 1. The molecule has 2 heterocycles. The third-order valence-electron chi connectivity index (χ3n) is 4.94. The zero-order valence-electron chi connectivity index (χ0n) is 12.8. The van der Waals surface area contributed by atoms with E-state index in [1.807, 2.05) is 12.3 Å². The highest BCUT2D eigenvalue weighted by Crippen LogP contribution is 2.31. The molecule has 0 bridgehead atoms. The van der Waals surface area contributed by atoms with Gasteiger partial charge in [0.25, 0.3) is 0 Å². The van der Waals surface area contributed by atoms with Gasteiger partial charge < -0.3 is 4.74 Å². The number of pyridine rings is 1. The molecular weight excluding hydrogens is 248 g/mol. The van der Waals surface area contributed by atoms with Gasteiger partial charge in [-0.1, -0.05) is 11.1 Å². The highest BCUT2D eigenvalue weighted by Gasteiger charge is 2.28.